The fourth-order valence-electron chi connectivity index (χ4n) is 3.19. The number of nitrogens with one attached hydrogen (secondary N) is 1. The van der Waals surface area contributed by atoms with Gasteiger partial charge in [0.05, 0.1) is 12.2 Å². The van der Waals surface area contributed by atoms with Gasteiger partial charge < -0.3 is 41.1 Å². The Morgan fingerprint density at radius 2 is 1.61 bits per heavy atom. The summed E-state index contributed by atoms with van der Waals surface area (Å²) in [5, 5.41) is 35.2. The van der Waals surface area contributed by atoms with Gasteiger partial charge in [-0.1, -0.05) is 0 Å². The van der Waals surface area contributed by atoms with Gasteiger partial charge in [0.15, 0.2) is 23.8 Å². The summed E-state index contributed by atoms with van der Waals surface area (Å²) in [5.41, 5.74) is 5.34. The van der Waals surface area contributed by atoms with Crippen LogP contribution in [0.15, 0.2) is 12.1 Å². The second-order valence-electron chi connectivity index (χ2n) is 9.41. The van der Waals surface area contributed by atoms with E-state index in [0.29, 0.717) is 19.2 Å². The highest BCUT2D eigenvalue weighted by Crippen LogP contribution is 2.17. The predicted octanol–water partition coefficient (Wildman–Crippen LogP) is -0.617. The quantitative estimate of drug-likeness (QED) is 0.215. The molecule has 2 amide bonds. The van der Waals surface area contributed by atoms with Crippen LogP contribution in [0.4, 0.5) is 13.2 Å². The standard InChI is InChI=1S/C19H26F3N3O3.C4H6O6/c1-19(2,3)28-10-16-18(27)24-4-5-25(16)17(26)8-12(23)6-11-7-14(21)15(22)9-13(11)20;5-1(3(7)8)2(6)4(9)10/h7,9,12,16H,4-6,8,10,23H2,1-3H3,(H,24,27);1-2,5-6H,(H,7,8)(H,9,10)/t12-,16+;1-,2-/m01/s1. The van der Waals surface area contributed by atoms with E-state index in [0.717, 1.165) is 6.07 Å². The number of hydrogen-bond acceptors (Lipinski definition) is 8. The molecular formula is C23H32F3N3O9. The Morgan fingerprint density at radius 3 is 2.11 bits per heavy atom. The largest absolute Gasteiger partial charge is 0.479 e. The molecule has 1 aromatic carbocycles. The molecule has 1 aromatic rings. The van der Waals surface area contributed by atoms with E-state index < -0.39 is 59.3 Å². The normalized spacial score (nSPS) is 18.0. The maximum Gasteiger partial charge on any atom is 0.335 e. The molecule has 214 valence electrons. The first kappa shape index (κ1) is 32.8. The van der Waals surface area contributed by atoms with Gasteiger partial charge >= 0.3 is 11.9 Å². The summed E-state index contributed by atoms with van der Waals surface area (Å²) in [7, 11) is 0. The topological polar surface area (TPSA) is 200 Å². The minimum atomic E-state index is -2.27. The number of benzene rings is 1. The van der Waals surface area contributed by atoms with E-state index in [-0.39, 0.29) is 36.8 Å². The number of aliphatic carboxylic acids is 2. The summed E-state index contributed by atoms with van der Waals surface area (Å²) >= 11 is 0. The van der Waals surface area contributed by atoms with Crippen LogP contribution >= 0.6 is 0 Å². The zero-order valence-electron chi connectivity index (χ0n) is 21.0. The van der Waals surface area contributed by atoms with Gasteiger partial charge in [-0.25, -0.2) is 22.8 Å². The van der Waals surface area contributed by atoms with Crippen LogP contribution in [0.1, 0.15) is 32.8 Å². The smallest absolute Gasteiger partial charge is 0.335 e. The van der Waals surface area contributed by atoms with Crippen LogP contribution in [0.5, 0.6) is 0 Å². The number of aliphatic hydroxyl groups excluding tert-OH is 2. The zero-order chi connectivity index (χ0) is 29.4. The number of carbonyl (C=O) groups is 4. The van der Waals surface area contributed by atoms with Gasteiger partial charge in [0.25, 0.3) is 0 Å². The molecule has 0 bridgehead atoms. The lowest BCUT2D eigenvalue weighted by Gasteiger charge is -2.36. The summed E-state index contributed by atoms with van der Waals surface area (Å²) in [4.78, 5) is 45.8. The number of carboxylic acids is 2. The van der Waals surface area contributed by atoms with E-state index in [1.54, 1.807) is 0 Å². The van der Waals surface area contributed by atoms with Crippen molar-refractivity contribution >= 4 is 23.8 Å². The van der Waals surface area contributed by atoms with Crippen LogP contribution in [0, 0.1) is 17.5 Å². The molecule has 0 saturated carbocycles. The van der Waals surface area contributed by atoms with Crippen LogP contribution < -0.4 is 11.1 Å². The number of amides is 2. The lowest BCUT2D eigenvalue weighted by molar-refractivity contribution is -0.165. The first-order valence-corrected chi connectivity index (χ1v) is 11.4. The summed E-state index contributed by atoms with van der Waals surface area (Å²) < 4.78 is 45.8. The highest BCUT2D eigenvalue weighted by atomic mass is 19.2. The number of carbonyl (C=O) groups excluding carboxylic acids is 2. The summed E-state index contributed by atoms with van der Waals surface area (Å²) in [6.07, 6.45) is -4.84. The Kier molecular flexibility index (Phi) is 12.1. The number of rotatable bonds is 9. The van der Waals surface area contributed by atoms with Crippen molar-refractivity contribution in [3.05, 3.63) is 35.1 Å². The van der Waals surface area contributed by atoms with Crippen LogP contribution in [-0.4, -0.2) is 98.7 Å². The maximum absolute atomic E-state index is 13.8. The molecule has 4 atom stereocenters. The molecule has 1 heterocycles. The lowest BCUT2D eigenvalue weighted by Crippen LogP contribution is -2.60. The van der Waals surface area contributed by atoms with E-state index in [9.17, 15) is 32.3 Å². The second kappa shape index (κ2) is 14.0. The van der Waals surface area contributed by atoms with Gasteiger partial charge in [-0.05, 0) is 38.8 Å². The van der Waals surface area contributed by atoms with Gasteiger partial charge in [0.2, 0.25) is 11.8 Å². The van der Waals surface area contributed by atoms with Gasteiger partial charge in [0, 0.05) is 31.6 Å². The molecule has 38 heavy (non-hydrogen) atoms. The van der Waals surface area contributed by atoms with E-state index in [1.807, 2.05) is 20.8 Å². The number of nitrogens with two attached hydrogens (primary N) is 1. The summed E-state index contributed by atoms with van der Waals surface area (Å²) in [6, 6.07) is -0.411. The van der Waals surface area contributed by atoms with Crippen molar-refractivity contribution in [1.29, 1.82) is 0 Å². The van der Waals surface area contributed by atoms with Crippen LogP contribution in [-0.2, 0) is 30.3 Å². The van der Waals surface area contributed by atoms with Crippen molar-refractivity contribution in [2.75, 3.05) is 19.7 Å². The monoisotopic (exact) mass is 551 g/mol. The molecule has 1 fully saturated rings. The highest BCUT2D eigenvalue weighted by molar-refractivity contribution is 5.89. The predicted molar refractivity (Wildman–Crippen MR) is 124 cm³/mol. The van der Waals surface area contributed by atoms with Gasteiger partial charge in [-0.3, -0.25) is 9.59 Å². The third-order valence-electron chi connectivity index (χ3n) is 5.14. The molecular weight excluding hydrogens is 519 g/mol. The molecule has 7 N–H and O–H groups in total. The average molecular weight is 552 g/mol. The van der Waals surface area contributed by atoms with Crippen molar-refractivity contribution in [3.63, 3.8) is 0 Å². The molecule has 0 unspecified atom stereocenters. The lowest BCUT2D eigenvalue weighted by atomic mass is 10.0. The zero-order valence-corrected chi connectivity index (χ0v) is 21.0. The van der Waals surface area contributed by atoms with Crippen molar-refractivity contribution < 1.29 is 57.5 Å². The van der Waals surface area contributed by atoms with E-state index in [1.165, 1.54) is 4.90 Å². The van der Waals surface area contributed by atoms with Gasteiger partial charge in [-0.2, -0.15) is 0 Å². The van der Waals surface area contributed by atoms with Crippen molar-refractivity contribution in [2.24, 2.45) is 5.73 Å². The van der Waals surface area contributed by atoms with E-state index >= 15 is 0 Å². The second-order valence-corrected chi connectivity index (χ2v) is 9.41. The molecule has 12 nitrogen and oxygen atoms in total. The molecule has 0 radical (unpaired) electrons. The van der Waals surface area contributed by atoms with E-state index in [2.05, 4.69) is 5.32 Å². The SMILES string of the molecule is CC(C)(C)OC[C@@H]1C(=O)NCCN1C(=O)C[C@@H](N)Cc1cc(F)c(F)cc1F.O=C(O)[C@H](O)[C@@H](O)C(=O)O. The highest BCUT2D eigenvalue weighted by Gasteiger charge is 2.35. The number of ether oxygens (including phenoxy) is 1. The Balaban J connectivity index is 0.000000612. The van der Waals surface area contributed by atoms with Crippen LogP contribution in [0.25, 0.3) is 0 Å². The molecule has 2 rings (SSSR count). The molecule has 0 spiro atoms. The molecule has 15 heteroatoms. The molecule has 1 aliphatic heterocycles. The summed E-state index contributed by atoms with van der Waals surface area (Å²) in [6.45, 7) is 6.16. The molecule has 1 aliphatic rings. The maximum atomic E-state index is 13.8. The van der Waals surface area contributed by atoms with E-state index in [4.69, 9.17) is 30.9 Å². The van der Waals surface area contributed by atoms with Crippen molar-refractivity contribution in [3.8, 4) is 0 Å². The third-order valence-corrected chi connectivity index (χ3v) is 5.14. The minimum Gasteiger partial charge on any atom is -0.479 e. The number of aliphatic hydroxyl groups is 2. The van der Waals surface area contributed by atoms with Crippen LogP contribution in [0.3, 0.4) is 0 Å². The van der Waals surface area contributed by atoms with Crippen LogP contribution in [0.2, 0.25) is 0 Å². The third kappa shape index (κ3) is 10.2. The average Bonchev–Trinajstić information content (AvgIpc) is 2.80. The van der Waals surface area contributed by atoms with Crippen molar-refractivity contribution in [2.45, 2.75) is 63.5 Å². The number of carboxylic acid groups (broad SMARTS) is 2. The number of piperazine rings is 1. The fourth-order valence-corrected chi connectivity index (χ4v) is 3.19. The first-order valence-electron chi connectivity index (χ1n) is 11.4. The Labute approximate surface area is 216 Å². The Morgan fingerprint density at radius 1 is 1.08 bits per heavy atom. The fraction of sp³-hybridized carbons (Fsp3) is 0.565. The number of hydrogen-bond donors (Lipinski definition) is 6. The van der Waals surface area contributed by atoms with Gasteiger partial charge in [0.1, 0.15) is 11.9 Å². The minimum absolute atomic E-state index is 0.0358. The number of nitrogens with zero attached hydrogens (tertiary/aromatic N) is 1. The molecule has 0 aromatic heterocycles. The molecule has 1 saturated heterocycles. The Hall–Kier alpha value is -3.27. The first-order chi connectivity index (χ1) is 17.4. The number of halogens is 3. The van der Waals surface area contributed by atoms with Crippen molar-refractivity contribution in [1.82, 2.24) is 10.2 Å². The Bertz CT molecular complexity index is 1000. The summed E-state index contributed by atoms with van der Waals surface area (Å²) in [5.74, 6) is -7.62. The molecule has 0 aliphatic carbocycles. The van der Waals surface area contributed by atoms with Gasteiger partial charge in [-0.15, -0.1) is 0 Å².